The normalized spacial score (nSPS) is 24.1. The number of hydrogen-bond acceptors (Lipinski definition) is 2. The lowest BCUT2D eigenvalue weighted by molar-refractivity contribution is -0.154. The second-order valence-electron chi connectivity index (χ2n) is 5.45. The highest BCUT2D eigenvalue weighted by molar-refractivity contribution is 5.99. The van der Waals surface area contributed by atoms with E-state index in [1.165, 1.54) is 4.90 Å². The van der Waals surface area contributed by atoms with Gasteiger partial charge in [-0.1, -0.05) is 13.8 Å². The highest BCUT2D eigenvalue weighted by Crippen LogP contribution is 2.22. The van der Waals surface area contributed by atoms with Gasteiger partial charge >= 0.3 is 0 Å². The maximum absolute atomic E-state index is 12.5. The number of alkyl halides is 1. The molecule has 0 aromatic rings. The zero-order valence-corrected chi connectivity index (χ0v) is 10.9. The molecule has 0 aliphatic carbocycles. The summed E-state index contributed by atoms with van der Waals surface area (Å²) in [5, 5.41) is 2.70. The maximum atomic E-state index is 12.5. The molecular formula is C12H21FN2O2. The largest absolute Gasteiger partial charge is 0.340 e. The van der Waals surface area contributed by atoms with E-state index >= 15 is 0 Å². The first-order chi connectivity index (χ1) is 7.79. The van der Waals surface area contributed by atoms with Gasteiger partial charge in [-0.3, -0.25) is 9.59 Å². The van der Waals surface area contributed by atoms with E-state index in [0.717, 1.165) is 0 Å². The van der Waals surface area contributed by atoms with Gasteiger partial charge in [0.05, 0.1) is 0 Å². The summed E-state index contributed by atoms with van der Waals surface area (Å²) >= 11 is 0. The minimum absolute atomic E-state index is 0.00687. The predicted octanol–water partition coefficient (Wildman–Crippen LogP) is 1.11. The van der Waals surface area contributed by atoms with Crippen LogP contribution < -0.4 is 5.32 Å². The average Bonchev–Trinajstić information content (AvgIpc) is 2.19. The third-order valence-corrected chi connectivity index (χ3v) is 2.93. The van der Waals surface area contributed by atoms with E-state index in [-0.39, 0.29) is 24.3 Å². The summed E-state index contributed by atoms with van der Waals surface area (Å²) in [6.45, 7) is 6.61. The molecule has 1 aliphatic rings. The molecule has 0 aromatic carbocycles. The topological polar surface area (TPSA) is 49.4 Å². The monoisotopic (exact) mass is 244 g/mol. The quantitative estimate of drug-likeness (QED) is 0.805. The Morgan fingerprint density at radius 3 is 2.47 bits per heavy atom. The molecule has 1 atom stereocenters. The van der Waals surface area contributed by atoms with Crippen LogP contribution in [0.1, 0.15) is 34.1 Å². The van der Waals surface area contributed by atoms with Crippen molar-refractivity contribution in [3.8, 4) is 0 Å². The Hall–Kier alpha value is -1.13. The van der Waals surface area contributed by atoms with Crippen LogP contribution >= 0.6 is 0 Å². The van der Waals surface area contributed by atoms with E-state index in [2.05, 4.69) is 5.32 Å². The molecule has 0 bridgehead atoms. The maximum Gasteiger partial charge on any atom is 0.248 e. The lowest BCUT2D eigenvalue weighted by Gasteiger charge is -2.43. The molecule has 0 aromatic heterocycles. The van der Waals surface area contributed by atoms with Gasteiger partial charge in [0, 0.05) is 6.54 Å². The third-order valence-electron chi connectivity index (χ3n) is 2.93. The van der Waals surface area contributed by atoms with E-state index < -0.39 is 18.3 Å². The molecule has 0 saturated carbocycles. The standard InChI is InChI=1S/C12H21FN2O2/c1-8(2)7-9-10(16)14-12(3,4)11(17)15(9)6-5-13/h8-9H,5-7H2,1-4H3,(H,14,16). The summed E-state index contributed by atoms with van der Waals surface area (Å²) in [4.78, 5) is 25.4. The van der Waals surface area contributed by atoms with Crippen molar-refractivity contribution >= 4 is 11.8 Å². The molecule has 1 heterocycles. The van der Waals surface area contributed by atoms with Gasteiger partial charge in [-0.05, 0) is 26.2 Å². The predicted molar refractivity (Wildman–Crippen MR) is 63.2 cm³/mol. The van der Waals surface area contributed by atoms with Crippen molar-refractivity contribution in [1.29, 1.82) is 0 Å². The first kappa shape index (κ1) is 13.9. The Labute approximate surface area is 102 Å². The zero-order chi connectivity index (χ0) is 13.2. The van der Waals surface area contributed by atoms with E-state index in [1.54, 1.807) is 13.8 Å². The molecule has 4 nitrogen and oxygen atoms in total. The molecule has 0 spiro atoms. The van der Waals surface area contributed by atoms with E-state index in [9.17, 15) is 14.0 Å². The minimum atomic E-state index is -0.931. The highest BCUT2D eigenvalue weighted by Gasteiger charge is 2.44. The number of nitrogens with one attached hydrogen (secondary N) is 1. The number of nitrogens with zero attached hydrogens (tertiary/aromatic N) is 1. The van der Waals surface area contributed by atoms with Gasteiger partial charge < -0.3 is 10.2 Å². The second-order valence-corrected chi connectivity index (χ2v) is 5.45. The van der Waals surface area contributed by atoms with Crippen molar-refractivity contribution in [2.24, 2.45) is 5.92 Å². The Kier molecular flexibility index (Phi) is 4.11. The summed E-state index contributed by atoms with van der Waals surface area (Å²) in [5.41, 5.74) is -0.931. The van der Waals surface area contributed by atoms with Gasteiger partial charge in [0.25, 0.3) is 0 Å². The molecule has 2 amide bonds. The Balaban J connectivity index is 2.94. The van der Waals surface area contributed by atoms with Crippen molar-refractivity contribution in [3.05, 3.63) is 0 Å². The van der Waals surface area contributed by atoms with E-state index in [1.807, 2.05) is 13.8 Å². The van der Waals surface area contributed by atoms with Gasteiger partial charge in [-0.25, -0.2) is 4.39 Å². The number of amides is 2. The fourth-order valence-corrected chi connectivity index (χ4v) is 2.12. The van der Waals surface area contributed by atoms with Crippen molar-refractivity contribution in [3.63, 3.8) is 0 Å². The summed E-state index contributed by atoms with van der Waals surface area (Å²) in [6.07, 6.45) is 0.563. The average molecular weight is 244 g/mol. The summed E-state index contributed by atoms with van der Waals surface area (Å²) in [6, 6.07) is -0.536. The van der Waals surface area contributed by atoms with Crippen LogP contribution in [0.5, 0.6) is 0 Å². The summed E-state index contributed by atoms with van der Waals surface area (Å²) in [7, 11) is 0. The van der Waals surface area contributed by atoms with Gasteiger partial charge in [0.15, 0.2) is 0 Å². The molecule has 5 heteroatoms. The molecular weight excluding hydrogens is 223 g/mol. The van der Waals surface area contributed by atoms with Crippen LogP contribution in [0, 0.1) is 5.92 Å². The summed E-state index contributed by atoms with van der Waals surface area (Å²) < 4.78 is 12.5. The van der Waals surface area contributed by atoms with Crippen LogP contribution in [0.25, 0.3) is 0 Å². The number of piperazine rings is 1. The fraction of sp³-hybridized carbons (Fsp3) is 0.833. The number of halogens is 1. The van der Waals surface area contributed by atoms with E-state index in [0.29, 0.717) is 6.42 Å². The van der Waals surface area contributed by atoms with Crippen LogP contribution in [0.15, 0.2) is 0 Å². The van der Waals surface area contributed by atoms with E-state index in [4.69, 9.17) is 0 Å². The van der Waals surface area contributed by atoms with Crippen LogP contribution in [0.4, 0.5) is 4.39 Å². The molecule has 98 valence electrons. The van der Waals surface area contributed by atoms with Crippen molar-refractivity contribution < 1.29 is 14.0 Å². The Morgan fingerprint density at radius 1 is 1.41 bits per heavy atom. The highest BCUT2D eigenvalue weighted by atomic mass is 19.1. The number of carbonyl (C=O) groups excluding carboxylic acids is 2. The van der Waals surface area contributed by atoms with Crippen LogP contribution in [-0.2, 0) is 9.59 Å². The van der Waals surface area contributed by atoms with Crippen LogP contribution in [0.3, 0.4) is 0 Å². The van der Waals surface area contributed by atoms with Gasteiger partial charge in [-0.15, -0.1) is 0 Å². The smallest absolute Gasteiger partial charge is 0.248 e. The third kappa shape index (κ3) is 2.96. The molecule has 1 N–H and O–H groups in total. The van der Waals surface area contributed by atoms with Gasteiger partial charge in [0.2, 0.25) is 11.8 Å². The Morgan fingerprint density at radius 2 is 2.00 bits per heavy atom. The molecule has 17 heavy (non-hydrogen) atoms. The second kappa shape index (κ2) is 5.02. The minimum Gasteiger partial charge on any atom is -0.340 e. The lowest BCUT2D eigenvalue weighted by Crippen LogP contribution is -2.68. The molecule has 1 rings (SSSR count). The number of carbonyl (C=O) groups is 2. The molecule has 0 radical (unpaired) electrons. The van der Waals surface area contributed by atoms with Gasteiger partial charge in [-0.2, -0.15) is 0 Å². The van der Waals surface area contributed by atoms with Crippen molar-refractivity contribution in [2.75, 3.05) is 13.2 Å². The first-order valence-corrected chi connectivity index (χ1v) is 5.98. The number of rotatable bonds is 4. The summed E-state index contributed by atoms with van der Waals surface area (Å²) in [5.74, 6) is -0.112. The number of hydrogen-bond donors (Lipinski definition) is 1. The van der Waals surface area contributed by atoms with Crippen LogP contribution in [-0.4, -0.2) is 41.5 Å². The SMILES string of the molecule is CC(C)CC1C(=O)NC(C)(C)C(=O)N1CCF. The van der Waals surface area contributed by atoms with Crippen LogP contribution in [0.2, 0.25) is 0 Å². The fourth-order valence-electron chi connectivity index (χ4n) is 2.12. The van der Waals surface area contributed by atoms with Crippen molar-refractivity contribution in [1.82, 2.24) is 10.2 Å². The molecule has 1 saturated heterocycles. The molecule has 1 fully saturated rings. The first-order valence-electron chi connectivity index (χ1n) is 5.98. The zero-order valence-electron chi connectivity index (χ0n) is 10.9. The molecule has 1 aliphatic heterocycles. The van der Waals surface area contributed by atoms with Crippen molar-refractivity contribution in [2.45, 2.75) is 45.7 Å². The molecule has 1 unspecified atom stereocenters. The lowest BCUT2D eigenvalue weighted by atomic mass is 9.92. The Bertz CT molecular complexity index is 316. The van der Waals surface area contributed by atoms with Gasteiger partial charge in [0.1, 0.15) is 18.3 Å².